The number of sulfonamides is 1. The van der Waals surface area contributed by atoms with Crippen LogP contribution in [0.3, 0.4) is 0 Å². The van der Waals surface area contributed by atoms with Gasteiger partial charge in [0, 0.05) is 25.2 Å². The third-order valence-electron chi connectivity index (χ3n) is 4.20. The van der Waals surface area contributed by atoms with Crippen molar-refractivity contribution in [3.05, 3.63) is 0 Å². The third-order valence-corrected chi connectivity index (χ3v) is 6.04. The summed E-state index contributed by atoms with van der Waals surface area (Å²) in [5.41, 5.74) is -0.332. The molecule has 20 heavy (non-hydrogen) atoms. The van der Waals surface area contributed by atoms with E-state index in [-0.39, 0.29) is 12.1 Å². The van der Waals surface area contributed by atoms with Crippen LogP contribution < -0.4 is 5.32 Å². The largest absolute Gasteiger partial charge is 0.465 e. The van der Waals surface area contributed by atoms with Crippen LogP contribution in [0.25, 0.3) is 0 Å². The predicted octanol–water partition coefficient (Wildman–Crippen LogP) is 0.487. The second-order valence-electron chi connectivity index (χ2n) is 5.60. The molecule has 0 atom stereocenters. The lowest BCUT2D eigenvalue weighted by molar-refractivity contribution is -0.140. The van der Waals surface area contributed by atoms with Crippen molar-refractivity contribution in [2.24, 2.45) is 0 Å². The Morgan fingerprint density at radius 1 is 1.30 bits per heavy atom. The fourth-order valence-electron chi connectivity index (χ4n) is 3.33. The molecule has 0 radical (unpaired) electrons. The van der Waals surface area contributed by atoms with E-state index in [0.29, 0.717) is 19.6 Å². The zero-order chi connectivity index (χ0) is 14.6. The van der Waals surface area contributed by atoms with E-state index in [9.17, 15) is 13.2 Å². The molecule has 1 heterocycles. The summed E-state index contributed by atoms with van der Waals surface area (Å²) in [4.78, 5) is 11.5. The number of carbonyl (C=O) groups excluding carboxylic acids is 1. The van der Waals surface area contributed by atoms with Gasteiger partial charge in [-0.3, -0.25) is 4.79 Å². The van der Waals surface area contributed by atoms with E-state index in [1.165, 1.54) is 0 Å². The smallest absolute Gasteiger partial charge is 0.322 e. The monoisotopic (exact) mass is 304 g/mol. The summed E-state index contributed by atoms with van der Waals surface area (Å²) in [6.07, 6.45) is 5.01. The lowest BCUT2D eigenvalue weighted by Gasteiger charge is -2.48. The Kier molecular flexibility index (Phi) is 5.04. The van der Waals surface area contributed by atoms with Gasteiger partial charge in [-0.15, -0.1) is 0 Å². The molecule has 0 aromatic carbocycles. The lowest BCUT2D eigenvalue weighted by Crippen LogP contribution is -2.64. The van der Waals surface area contributed by atoms with Crippen LogP contribution in [0.15, 0.2) is 0 Å². The van der Waals surface area contributed by atoms with Gasteiger partial charge in [-0.2, -0.15) is 4.31 Å². The molecule has 0 aromatic heterocycles. The maximum atomic E-state index is 12.5. The van der Waals surface area contributed by atoms with Gasteiger partial charge in [0.1, 0.15) is 0 Å². The van der Waals surface area contributed by atoms with Crippen molar-refractivity contribution in [3.63, 3.8) is 0 Å². The van der Waals surface area contributed by atoms with Gasteiger partial charge in [-0.1, -0.05) is 19.3 Å². The predicted molar refractivity (Wildman–Crippen MR) is 75.8 cm³/mol. The van der Waals surface area contributed by atoms with Crippen LogP contribution in [0.5, 0.6) is 0 Å². The number of piperazine rings is 1. The van der Waals surface area contributed by atoms with Crippen LogP contribution in [-0.2, 0) is 19.6 Å². The molecular weight excluding hydrogens is 280 g/mol. The van der Waals surface area contributed by atoms with Crippen molar-refractivity contribution < 1.29 is 17.9 Å². The van der Waals surface area contributed by atoms with Gasteiger partial charge in [0.05, 0.1) is 6.61 Å². The summed E-state index contributed by atoms with van der Waals surface area (Å²) in [6, 6.07) is 0. The minimum Gasteiger partial charge on any atom is -0.465 e. The number of hydrogen-bond donors (Lipinski definition) is 1. The molecular formula is C13H24N2O4S. The number of carbonyl (C=O) groups is 1. The van der Waals surface area contributed by atoms with E-state index in [4.69, 9.17) is 4.74 Å². The van der Waals surface area contributed by atoms with Gasteiger partial charge < -0.3 is 10.1 Å². The third kappa shape index (κ3) is 3.32. The van der Waals surface area contributed by atoms with E-state index >= 15 is 0 Å². The van der Waals surface area contributed by atoms with Gasteiger partial charge in [-0.25, -0.2) is 8.42 Å². The number of ether oxygens (including phenoxy) is 1. The molecule has 2 rings (SSSR count). The van der Waals surface area contributed by atoms with Gasteiger partial charge in [0.25, 0.3) is 0 Å². The van der Waals surface area contributed by atoms with Crippen LogP contribution in [0, 0.1) is 0 Å². The molecule has 1 spiro atoms. The Morgan fingerprint density at radius 2 is 2.00 bits per heavy atom. The summed E-state index contributed by atoms with van der Waals surface area (Å²) in [5.74, 6) is -1.19. The number of hydrogen-bond acceptors (Lipinski definition) is 5. The minimum absolute atomic E-state index is 0.209. The van der Waals surface area contributed by atoms with Gasteiger partial charge in [0.2, 0.25) is 10.0 Å². The fraction of sp³-hybridized carbons (Fsp3) is 0.923. The molecule has 0 amide bonds. The van der Waals surface area contributed by atoms with Crippen LogP contribution in [0.4, 0.5) is 0 Å². The van der Waals surface area contributed by atoms with Crippen LogP contribution in [0.2, 0.25) is 0 Å². The highest BCUT2D eigenvalue weighted by molar-refractivity contribution is 7.89. The van der Waals surface area contributed by atoms with E-state index in [1.807, 2.05) is 0 Å². The van der Waals surface area contributed by atoms with Crippen molar-refractivity contribution in [1.82, 2.24) is 9.62 Å². The summed E-state index contributed by atoms with van der Waals surface area (Å²) >= 11 is 0. The van der Waals surface area contributed by atoms with E-state index < -0.39 is 21.7 Å². The molecule has 1 aliphatic heterocycles. The van der Waals surface area contributed by atoms with Gasteiger partial charge in [-0.05, 0) is 19.8 Å². The Morgan fingerprint density at radius 3 is 2.65 bits per heavy atom. The number of rotatable bonds is 4. The first-order chi connectivity index (χ1) is 9.50. The maximum absolute atomic E-state index is 12.5. The van der Waals surface area contributed by atoms with Crippen molar-refractivity contribution >= 4 is 16.0 Å². The number of nitrogens with one attached hydrogen (secondary N) is 1. The first-order valence-electron chi connectivity index (χ1n) is 7.37. The van der Waals surface area contributed by atoms with Crippen LogP contribution in [0.1, 0.15) is 39.0 Å². The molecule has 1 N–H and O–H groups in total. The maximum Gasteiger partial charge on any atom is 0.322 e. The van der Waals surface area contributed by atoms with Crippen molar-refractivity contribution in [3.8, 4) is 0 Å². The van der Waals surface area contributed by atoms with Crippen LogP contribution >= 0.6 is 0 Å². The van der Waals surface area contributed by atoms with E-state index in [1.54, 1.807) is 11.2 Å². The number of esters is 1. The molecule has 1 saturated carbocycles. The van der Waals surface area contributed by atoms with E-state index in [2.05, 4.69) is 5.32 Å². The zero-order valence-corrected chi connectivity index (χ0v) is 12.9. The zero-order valence-electron chi connectivity index (χ0n) is 12.1. The highest BCUT2D eigenvalue weighted by Crippen LogP contribution is 2.36. The molecule has 1 aliphatic carbocycles. The Bertz CT molecular complexity index is 435. The highest BCUT2D eigenvalue weighted by atomic mass is 32.2. The summed E-state index contributed by atoms with van der Waals surface area (Å²) in [6.45, 7) is 3.67. The molecule has 6 nitrogen and oxygen atoms in total. The molecule has 1 saturated heterocycles. The molecule has 0 unspecified atom stereocenters. The topological polar surface area (TPSA) is 75.7 Å². The van der Waals surface area contributed by atoms with E-state index in [0.717, 1.165) is 32.1 Å². The molecule has 0 aromatic rings. The lowest BCUT2D eigenvalue weighted by atomic mass is 9.80. The normalized spacial score (nSPS) is 23.6. The standard InChI is InChI=1S/C13H24N2O4S/c1-2-19-12(16)10-20(17,18)15-9-8-14-11-13(15)6-4-3-5-7-13/h14H,2-11H2,1H3. The first-order valence-corrected chi connectivity index (χ1v) is 8.98. The first kappa shape index (κ1) is 15.7. The Balaban J connectivity index is 2.16. The minimum atomic E-state index is -3.59. The van der Waals surface area contributed by atoms with Gasteiger partial charge >= 0.3 is 5.97 Å². The fourth-order valence-corrected chi connectivity index (χ4v) is 5.07. The second kappa shape index (κ2) is 6.41. The molecule has 7 heteroatoms. The molecule has 0 bridgehead atoms. The average Bonchev–Trinajstić information content (AvgIpc) is 2.39. The second-order valence-corrected chi connectivity index (χ2v) is 7.49. The quantitative estimate of drug-likeness (QED) is 0.765. The highest BCUT2D eigenvalue weighted by Gasteiger charge is 2.46. The van der Waals surface area contributed by atoms with Crippen molar-refractivity contribution in [2.45, 2.75) is 44.6 Å². The Hall–Kier alpha value is -0.660. The molecule has 116 valence electrons. The summed E-state index contributed by atoms with van der Waals surface area (Å²) in [7, 11) is -3.59. The summed E-state index contributed by atoms with van der Waals surface area (Å²) < 4.78 is 31.4. The van der Waals surface area contributed by atoms with Gasteiger partial charge in [0.15, 0.2) is 5.75 Å². The number of nitrogens with zero attached hydrogens (tertiary/aromatic N) is 1. The molecule has 2 aliphatic rings. The Labute approximate surface area is 120 Å². The summed E-state index contributed by atoms with van der Waals surface area (Å²) in [5, 5.41) is 3.30. The van der Waals surface area contributed by atoms with Crippen molar-refractivity contribution in [2.75, 3.05) is 32.0 Å². The van der Waals surface area contributed by atoms with Crippen LogP contribution in [-0.4, -0.2) is 56.2 Å². The average molecular weight is 304 g/mol. The molecule has 2 fully saturated rings. The van der Waals surface area contributed by atoms with Crippen molar-refractivity contribution in [1.29, 1.82) is 0 Å². The SMILES string of the molecule is CCOC(=O)CS(=O)(=O)N1CCNCC12CCCCC2.